The van der Waals surface area contributed by atoms with Gasteiger partial charge in [0.25, 0.3) is 5.91 Å². The summed E-state index contributed by atoms with van der Waals surface area (Å²) in [6.45, 7) is 2.71. The number of aliphatic hydroxyl groups is 1. The third-order valence-corrected chi connectivity index (χ3v) is 5.68. The van der Waals surface area contributed by atoms with Crippen LogP contribution in [0.5, 0.6) is 0 Å². The number of carbonyl (C=O) groups is 3. The zero-order valence-electron chi connectivity index (χ0n) is 15.1. The average molecular weight is 372 g/mol. The first kappa shape index (κ1) is 18.1. The Morgan fingerprint density at radius 3 is 2.74 bits per heavy atom. The van der Waals surface area contributed by atoms with E-state index in [2.05, 4.69) is 10.2 Å². The van der Waals surface area contributed by atoms with E-state index in [1.54, 1.807) is 4.90 Å². The van der Waals surface area contributed by atoms with Crippen molar-refractivity contribution in [2.24, 2.45) is 5.73 Å². The summed E-state index contributed by atoms with van der Waals surface area (Å²) in [6, 6.07) is 5.19. The van der Waals surface area contributed by atoms with E-state index in [4.69, 9.17) is 10.8 Å². The number of hydrogen-bond acceptors (Lipinski definition) is 6. The van der Waals surface area contributed by atoms with Gasteiger partial charge < -0.3 is 15.7 Å². The number of nitrogens with two attached hydrogens (primary N) is 1. The molecule has 2 fully saturated rings. The number of rotatable bonds is 5. The van der Waals surface area contributed by atoms with Gasteiger partial charge in [0, 0.05) is 50.3 Å². The Morgan fingerprint density at radius 1 is 1.26 bits per heavy atom. The lowest BCUT2D eigenvalue weighted by Crippen LogP contribution is -2.67. The molecule has 144 valence electrons. The minimum atomic E-state index is -0.585. The smallest absolute Gasteiger partial charge is 0.255 e. The summed E-state index contributed by atoms with van der Waals surface area (Å²) < 4.78 is 0. The standard InChI is InChI=1S/C19H24N4O4/c20-19(5-6-24)10-22(11-19)8-12-1-2-14-13(7-12)9-23(18(14)27)15-3-4-16(25)21-17(15)26/h1-2,7,15,24H,3-6,8-11,20H2,(H,21,25,26). The van der Waals surface area contributed by atoms with Crippen molar-refractivity contribution in [1.82, 2.24) is 15.1 Å². The first-order valence-electron chi connectivity index (χ1n) is 9.27. The second-order valence-electron chi connectivity index (χ2n) is 7.87. The fourth-order valence-corrected chi connectivity index (χ4v) is 4.32. The molecule has 3 amide bonds. The summed E-state index contributed by atoms with van der Waals surface area (Å²) in [6.07, 6.45) is 1.23. The monoisotopic (exact) mass is 372 g/mol. The molecule has 0 saturated carbocycles. The number of nitrogens with zero attached hydrogens (tertiary/aromatic N) is 2. The predicted octanol–water partition coefficient (Wildman–Crippen LogP) is -0.657. The van der Waals surface area contributed by atoms with Gasteiger partial charge in [0.2, 0.25) is 11.8 Å². The van der Waals surface area contributed by atoms with Gasteiger partial charge in [-0.3, -0.25) is 24.6 Å². The molecule has 0 aromatic heterocycles. The lowest BCUT2D eigenvalue weighted by Gasteiger charge is -2.47. The molecule has 8 nitrogen and oxygen atoms in total. The van der Waals surface area contributed by atoms with E-state index in [0.717, 1.165) is 30.8 Å². The second kappa shape index (κ2) is 6.70. The summed E-state index contributed by atoms with van der Waals surface area (Å²) in [5, 5.41) is 11.4. The lowest BCUT2D eigenvalue weighted by atomic mass is 9.87. The van der Waals surface area contributed by atoms with Crippen LogP contribution in [0.2, 0.25) is 0 Å². The first-order valence-corrected chi connectivity index (χ1v) is 9.27. The van der Waals surface area contributed by atoms with Crippen molar-refractivity contribution in [3.63, 3.8) is 0 Å². The van der Waals surface area contributed by atoms with Crippen LogP contribution in [-0.2, 0) is 22.7 Å². The van der Waals surface area contributed by atoms with Crippen molar-refractivity contribution in [2.45, 2.75) is 43.9 Å². The highest BCUT2D eigenvalue weighted by Crippen LogP contribution is 2.30. The quantitative estimate of drug-likeness (QED) is 0.591. The van der Waals surface area contributed by atoms with Crippen LogP contribution in [0.15, 0.2) is 18.2 Å². The maximum Gasteiger partial charge on any atom is 0.255 e. The number of likely N-dealkylation sites (tertiary alicyclic amines) is 1. The number of benzene rings is 1. The summed E-state index contributed by atoms with van der Waals surface area (Å²) in [5.74, 6) is -0.829. The molecule has 27 heavy (non-hydrogen) atoms. The van der Waals surface area contributed by atoms with Crippen LogP contribution in [0.25, 0.3) is 0 Å². The molecule has 3 aliphatic heterocycles. The maximum atomic E-state index is 12.7. The predicted molar refractivity (Wildman–Crippen MR) is 96.4 cm³/mol. The summed E-state index contributed by atoms with van der Waals surface area (Å²) >= 11 is 0. The van der Waals surface area contributed by atoms with Gasteiger partial charge in [-0.05, 0) is 30.0 Å². The van der Waals surface area contributed by atoms with Crippen molar-refractivity contribution < 1.29 is 19.5 Å². The molecule has 4 rings (SSSR count). The Balaban J connectivity index is 1.42. The molecule has 4 N–H and O–H groups in total. The molecule has 3 aliphatic rings. The highest BCUT2D eigenvalue weighted by atomic mass is 16.3. The highest BCUT2D eigenvalue weighted by Gasteiger charge is 2.40. The van der Waals surface area contributed by atoms with Gasteiger partial charge in [0.1, 0.15) is 6.04 Å². The molecule has 2 saturated heterocycles. The molecular formula is C19H24N4O4. The molecule has 0 bridgehead atoms. The zero-order valence-corrected chi connectivity index (χ0v) is 15.1. The highest BCUT2D eigenvalue weighted by molar-refractivity contribution is 6.05. The van der Waals surface area contributed by atoms with E-state index in [-0.39, 0.29) is 30.4 Å². The Hall–Kier alpha value is -2.29. The summed E-state index contributed by atoms with van der Waals surface area (Å²) in [5.41, 5.74) is 8.51. The first-order chi connectivity index (χ1) is 12.9. The van der Waals surface area contributed by atoms with E-state index in [1.807, 2.05) is 18.2 Å². The van der Waals surface area contributed by atoms with Crippen molar-refractivity contribution in [1.29, 1.82) is 0 Å². The third kappa shape index (κ3) is 3.36. The molecule has 0 spiro atoms. The number of fused-ring (bicyclic) bond motifs is 1. The SMILES string of the molecule is NC1(CCO)CN(Cc2ccc3c(c2)CN(C2CCC(=O)NC2=O)C3=O)C1. The third-order valence-electron chi connectivity index (χ3n) is 5.68. The normalized spacial score (nSPS) is 24.6. The Labute approximate surface area is 157 Å². The van der Waals surface area contributed by atoms with Gasteiger partial charge in [-0.2, -0.15) is 0 Å². The lowest BCUT2D eigenvalue weighted by molar-refractivity contribution is -0.136. The van der Waals surface area contributed by atoms with Crippen LogP contribution < -0.4 is 11.1 Å². The molecule has 1 aromatic carbocycles. The molecule has 3 heterocycles. The summed E-state index contributed by atoms with van der Waals surface area (Å²) in [4.78, 5) is 39.9. The Bertz CT molecular complexity index is 803. The maximum absolute atomic E-state index is 12.7. The van der Waals surface area contributed by atoms with Crippen LogP contribution in [0.3, 0.4) is 0 Å². The second-order valence-corrected chi connectivity index (χ2v) is 7.87. The average Bonchev–Trinajstić information content (AvgIpc) is 2.90. The largest absolute Gasteiger partial charge is 0.396 e. The molecule has 1 aromatic rings. The molecular weight excluding hydrogens is 348 g/mol. The number of nitrogens with one attached hydrogen (secondary N) is 1. The van der Waals surface area contributed by atoms with E-state index in [9.17, 15) is 14.4 Å². The van der Waals surface area contributed by atoms with Crippen LogP contribution in [0.4, 0.5) is 0 Å². The van der Waals surface area contributed by atoms with E-state index >= 15 is 0 Å². The minimum absolute atomic E-state index is 0.0987. The Kier molecular flexibility index (Phi) is 4.49. The van der Waals surface area contributed by atoms with Crippen LogP contribution in [0.1, 0.15) is 40.7 Å². The van der Waals surface area contributed by atoms with Gasteiger partial charge in [0.15, 0.2) is 0 Å². The number of amides is 3. The molecule has 0 aliphatic carbocycles. The van der Waals surface area contributed by atoms with Crippen molar-refractivity contribution in [2.75, 3.05) is 19.7 Å². The fraction of sp³-hybridized carbons (Fsp3) is 0.526. The van der Waals surface area contributed by atoms with E-state index in [1.165, 1.54) is 0 Å². The van der Waals surface area contributed by atoms with Crippen LogP contribution in [0, 0.1) is 0 Å². The number of imide groups is 1. The molecule has 1 unspecified atom stereocenters. The van der Waals surface area contributed by atoms with Crippen molar-refractivity contribution in [3.8, 4) is 0 Å². The van der Waals surface area contributed by atoms with Gasteiger partial charge in [-0.1, -0.05) is 12.1 Å². The number of carbonyl (C=O) groups excluding carboxylic acids is 3. The Morgan fingerprint density at radius 2 is 2.04 bits per heavy atom. The van der Waals surface area contributed by atoms with Crippen molar-refractivity contribution in [3.05, 3.63) is 34.9 Å². The minimum Gasteiger partial charge on any atom is -0.396 e. The summed E-state index contributed by atoms with van der Waals surface area (Å²) in [7, 11) is 0. The molecule has 0 radical (unpaired) electrons. The molecule has 1 atom stereocenters. The van der Waals surface area contributed by atoms with Gasteiger partial charge in [0.05, 0.1) is 0 Å². The number of aliphatic hydroxyl groups excluding tert-OH is 1. The number of piperidine rings is 1. The van der Waals surface area contributed by atoms with Crippen LogP contribution in [-0.4, -0.2) is 63.9 Å². The van der Waals surface area contributed by atoms with Crippen LogP contribution >= 0.6 is 0 Å². The van der Waals surface area contributed by atoms with Gasteiger partial charge in [-0.25, -0.2) is 0 Å². The van der Waals surface area contributed by atoms with Gasteiger partial charge >= 0.3 is 0 Å². The topological polar surface area (TPSA) is 116 Å². The van der Waals surface area contributed by atoms with Crippen molar-refractivity contribution >= 4 is 17.7 Å². The van der Waals surface area contributed by atoms with E-state index < -0.39 is 11.9 Å². The number of hydrogen-bond donors (Lipinski definition) is 3. The van der Waals surface area contributed by atoms with Gasteiger partial charge in [-0.15, -0.1) is 0 Å². The zero-order chi connectivity index (χ0) is 19.2. The fourth-order valence-electron chi connectivity index (χ4n) is 4.32. The molecule has 8 heteroatoms. The van der Waals surface area contributed by atoms with E-state index in [0.29, 0.717) is 24.9 Å².